The summed E-state index contributed by atoms with van der Waals surface area (Å²) in [5, 5.41) is 7.00. The topological polar surface area (TPSA) is 37.3 Å². The zero-order chi connectivity index (χ0) is 5.41. The van der Waals surface area contributed by atoms with Crippen molar-refractivity contribution in [2.75, 3.05) is 7.11 Å². The molecule has 0 rings (SSSR count). The Bertz CT molecular complexity index is 26.5. The van der Waals surface area contributed by atoms with Gasteiger partial charge in [-0.05, 0) is 6.08 Å². The fraction of sp³-hybridized carbons (Fsp3) is 0.250. The van der Waals surface area contributed by atoms with Gasteiger partial charge in [-0.3, -0.25) is 4.79 Å². The molecule has 0 fully saturated rings. The summed E-state index contributed by atoms with van der Waals surface area (Å²) in [7, 11) is 1.00. The maximum atomic E-state index is 9.06. The van der Waals surface area contributed by atoms with Gasteiger partial charge in [-0.2, -0.15) is 0 Å². The molecular weight excluding hydrogens is 80.0 g/mol. The molecule has 0 aromatic rings. The highest BCUT2D eigenvalue weighted by molar-refractivity contribution is 5.63. The van der Waals surface area contributed by atoms with Gasteiger partial charge in [-0.1, -0.05) is 6.58 Å². The highest BCUT2D eigenvalue weighted by atomic mass is 16.2. The summed E-state index contributed by atoms with van der Waals surface area (Å²) in [5.74, 6) is 0. The van der Waals surface area contributed by atoms with Crippen LogP contribution >= 0.6 is 0 Å². The minimum Gasteiger partial charge on any atom is -0.400 e. The van der Waals surface area contributed by atoms with Crippen LogP contribution in [0.5, 0.6) is 0 Å². The van der Waals surface area contributed by atoms with Crippen LogP contribution < -0.4 is 0 Å². The van der Waals surface area contributed by atoms with Crippen molar-refractivity contribution in [2.45, 2.75) is 0 Å². The molecule has 0 unspecified atom stereocenters. The molecule has 0 radical (unpaired) electrons. The van der Waals surface area contributed by atoms with Crippen LogP contribution in [-0.2, 0) is 4.79 Å². The molecule has 0 bridgehead atoms. The number of allylic oxidation sites excluding steroid dienone is 1. The Hall–Kier alpha value is -0.630. The summed E-state index contributed by atoms with van der Waals surface area (Å²) in [6.07, 6.45) is 1.83. The molecule has 0 heterocycles. The van der Waals surface area contributed by atoms with Crippen molar-refractivity contribution in [1.82, 2.24) is 0 Å². The van der Waals surface area contributed by atoms with Crippen LogP contribution in [0.25, 0.3) is 0 Å². The molecule has 1 N–H and O–H groups in total. The predicted octanol–water partition coefficient (Wildman–Crippen LogP) is -0.0202. The van der Waals surface area contributed by atoms with Gasteiger partial charge in [0, 0.05) is 7.11 Å². The van der Waals surface area contributed by atoms with Crippen molar-refractivity contribution in [1.29, 1.82) is 0 Å². The predicted molar refractivity (Wildman–Crippen MR) is 24.4 cm³/mol. The lowest BCUT2D eigenvalue weighted by atomic mass is 10.8. The van der Waals surface area contributed by atoms with E-state index in [0.717, 1.165) is 7.11 Å². The molecule has 36 valence electrons. The highest BCUT2D eigenvalue weighted by Crippen LogP contribution is 1.35. The zero-order valence-corrected chi connectivity index (χ0v) is 3.72. The van der Waals surface area contributed by atoms with Gasteiger partial charge in [0.2, 0.25) is 0 Å². The molecule has 0 saturated carbocycles. The monoisotopic (exact) mass is 88.1 g/mol. The second kappa shape index (κ2) is 26.4. The van der Waals surface area contributed by atoms with Crippen LogP contribution in [0.4, 0.5) is 0 Å². The van der Waals surface area contributed by atoms with Crippen molar-refractivity contribution < 1.29 is 9.90 Å². The number of carbonyl (C=O) groups is 1. The Kier molecular flexibility index (Phi) is 39.8. The molecule has 0 amide bonds. The van der Waals surface area contributed by atoms with Crippen LogP contribution in [-0.4, -0.2) is 18.5 Å². The molecule has 0 aliphatic heterocycles. The minimum absolute atomic E-state index is 0.639. The Morgan fingerprint density at radius 3 is 1.83 bits per heavy atom. The highest BCUT2D eigenvalue weighted by Gasteiger charge is 1.38. The quantitative estimate of drug-likeness (QED) is 0.361. The second-order valence-electron chi connectivity index (χ2n) is 0.372. The van der Waals surface area contributed by atoms with Crippen molar-refractivity contribution >= 4 is 6.29 Å². The molecule has 6 heavy (non-hydrogen) atoms. The summed E-state index contributed by atoms with van der Waals surface area (Å²) < 4.78 is 0. The molecule has 2 nitrogen and oxygen atoms in total. The third-order valence-electron chi connectivity index (χ3n) is 0.0962. The van der Waals surface area contributed by atoms with Crippen molar-refractivity contribution in [3.8, 4) is 0 Å². The maximum Gasteiger partial charge on any atom is 0.142 e. The fourth-order valence-electron chi connectivity index (χ4n) is 0. The van der Waals surface area contributed by atoms with Crippen LogP contribution in [0.1, 0.15) is 0 Å². The van der Waals surface area contributed by atoms with Gasteiger partial charge in [0.25, 0.3) is 0 Å². The van der Waals surface area contributed by atoms with E-state index in [1.54, 1.807) is 0 Å². The van der Waals surface area contributed by atoms with Crippen molar-refractivity contribution in [2.24, 2.45) is 0 Å². The van der Waals surface area contributed by atoms with E-state index in [9.17, 15) is 0 Å². The first-order chi connectivity index (χ1) is 2.91. The molecule has 0 aromatic heterocycles. The van der Waals surface area contributed by atoms with Gasteiger partial charge in [-0.15, -0.1) is 0 Å². The first-order valence-corrected chi connectivity index (χ1v) is 1.42. The number of aliphatic hydroxyl groups excluding tert-OH is 1. The lowest BCUT2D eigenvalue weighted by Crippen LogP contribution is -1.44. The van der Waals surface area contributed by atoms with E-state index >= 15 is 0 Å². The molecule has 0 aromatic carbocycles. The normalized spacial score (nSPS) is 4.33. The van der Waals surface area contributed by atoms with E-state index in [1.165, 1.54) is 6.08 Å². The first kappa shape index (κ1) is 9.03. The van der Waals surface area contributed by atoms with Crippen molar-refractivity contribution in [3.63, 3.8) is 0 Å². The summed E-state index contributed by atoms with van der Waals surface area (Å²) in [6, 6.07) is 0. The van der Waals surface area contributed by atoms with Crippen LogP contribution in [0, 0.1) is 0 Å². The summed E-state index contributed by atoms with van der Waals surface area (Å²) in [6.45, 7) is 3.11. The second-order valence-corrected chi connectivity index (χ2v) is 0.372. The van der Waals surface area contributed by atoms with E-state index in [1.807, 2.05) is 0 Å². The average molecular weight is 88.1 g/mol. The van der Waals surface area contributed by atoms with Gasteiger partial charge in [0.15, 0.2) is 0 Å². The van der Waals surface area contributed by atoms with E-state index < -0.39 is 0 Å². The number of rotatable bonds is 1. The minimum atomic E-state index is 0.639. The number of hydrogen-bond acceptors (Lipinski definition) is 2. The van der Waals surface area contributed by atoms with Crippen LogP contribution in [0.3, 0.4) is 0 Å². The molecule has 0 saturated heterocycles. The molecule has 2 heteroatoms. The van der Waals surface area contributed by atoms with E-state index in [4.69, 9.17) is 9.90 Å². The lowest BCUT2D eigenvalue weighted by Gasteiger charge is -1.37. The van der Waals surface area contributed by atoms with E-state index in [0.29, 0.717) is 6.29 Å². The van der Waals surface area contributed by atoms with Crippen LogP contribution in [0.2, 0.25) is 0 Å². The Morgan fingerprint density at radius 1 is 1.67 bits per heavy atom. The standard InChI is InChI=1S/C3H4O.CH4O/c1-2-3-4;1-2/h2-3H,1H2;2H,1H3. The third-order valence-corrected chi connectivity index (χ3v) is 0.0962. The van der Waals surface area contributed by atoms with Gasteiger partial charge in [-0.25, -0.2) is 0 Å². The van der Waals surface area contributed by atoms with Gasteiger partial charge in [0.1, 0.15) is 6.29 Å². The number of hydrogen-bond donors (Lipinski definition) is 1. The molecule has 0 spiro atoms. The largest absolute Gasteiger partial charge is 0.400 e. The summed E-state index contributed by atoms with van der Waals surface area (Å²) >= 11 is 0. The van der Waals surface area contributed by atoms with Gasteiger partial charge in [0.05, 0.1) is 0 Å². The smallest absolute Gasteiger partial charge is 0.142 e. The molecule has 0 atom stereocenters. The van der Waals surface area contributed by atoms with E-state index in [2.05, 4.69) is 6.58 Å². The number of aldehydes is 1. The average Bonchev–Trinajstić information content (AvgIpc) is 1.72. The lowest BCUT2D eigenvalue weighted by molar-refractivity contribution is -0.104. The zero-order valence-electron chi connectivity index (χ0n) is 3.72. The summed E-state index contributed by atoms with van der Waals surface area (Å²) in [4.78, 5) is 9.06. The Balaban J connectivity index is 0. The molecule has 0 aliphatic carbocycles. The molecular formula is C4H8O2. The Morgan fingerprint density at radius 2 is 1.83 bits per heavy atom. The number of carbonyl (C=O) groups excluding carboxylic acids is 1. The maximum absolute atomic E-state index is 9.06. The first-order valence-electron chi connectivity index (χ1n) is 1.42. The summed E-state index contributed by atoms with van der Waals surface area (Å²) in [5.41, 5.74) is 0. The SMILES string of the molecule is C=CC=O.CO. The van der Waals surface area contributed by atoms with Gasteiger partial charge >= 0.3 is 0 Å². The number of aliphatic hydroxyl groups is 1. The fourth-order valence-corrected chi connectivity index (χ4v) is 0. The Labute approximate surface area is 37.1 Å². The van der Waals surface area contributed by atoms with Crippen molar-refractivity contribution in [3.05, 3.63) is 12.7 Å². The van der Waals surface area contributed by atoms with Crippen LogP contribution in [0.15, 0.2) is 12.7 Å². The molecule has 0 aliphatic rings. The third kappa shape index (κ3) is 138. The van der Waals surface area contributed by atoms with E-state index in [-0.39, 0.29) is 0 Å². The van der Waals surface area contributed by atoms with Gasteiger partial charge < -0.3 is 5.11 Å².